The van der Waals surface area contributed by atoms with Crippen molar-refractivity contribution in [1.29, 1.82) is 0 Å². The number of halogens is 1. The minimum absolute atomic E-state index is 0.285. The second kappa shape index (κ2) is 9.23. The van der Waals surface area contributed by atoms with Gasteiger partial charge in [-0.25, -0.2) is 0 Å². The molecule has 2 saturated heterocycles. The zero-order chi connectivity index (χ0) is 21.1. The molecule has 0 saturated carbocycles. The van der Waals surface area contributed by atoms with Crippen LogP contribution in [0.3, 0.4) is 0 Å². The molecule has 0 aromatic heterocycles. The SMILES string of the molecule is CCC(NC(=O)[C@H]1CCN(C(=O)C(O)c2cccc(Br)c2)[C@@H]2CCO[C@H]12)C(N)=O. The molecule has 0 bridgehead atoms. The van der Waals surface area contributed by atoms with Crippen molar-refractivity contribution in [3.05, 3.63) is 34.3 Å². The summed E-state index contributed by atoms with van der Waals surface area (Å²) in [4.78, 5) is 38.8. The van der Waals surface area contributed by atoms with Gasteiger partial charge in [0.25, 0.3) is 5.91 Å². The van der Waals surface area contributed by atoms with Crippen LogP contribution in [-0.2, 0) is 19.1 Å². The van der Waals surface area contributed by atoms with E-state index in [0.717, 1.165) is 4.47 Å². The van der Waals surface area contributed by atoms with E-state index in [9.17, 15) is 19.5 Å². The first kappa shape index (κ1) is 21.7. The number of carbonyl (C=O) groups excluding carboxylic acids is 3. The van der Waals surface area contributed by atoms with Crippen LogP contribution in [0.2, 0.25) is 0 Å². The number of nitrogens with one attached hydrogen (secondary N) is 1. The fourth-order valence-electron chi connectivity index (χ4n) is 4.11. The lowest BCUT2D eigenvalue weighted by Crippen LogP contribution is -2.58. The predicted octanol–water partition coefficient (Wildman–Crippen LogP) is 0.869. The van der Waals surface area contributed by atoms with E-state index < -0.39 is 36.0 Å². The standard InChI is InChI=1S/C20H26BrN3O5/c1-2-14(18(22)26)23-19(27)13-6-8-24(15-7-9-29-17(13)15)20(28)16(25)11-4-3-5-12(21)10-11/h3-5,10,13-17,25H,2,6-9H2,1H3,(H2,22,26)(H,23,27)/t13-,14?,15+,16?,17+/m0/s1. The number of benzene rings is 1. The zero-order valence-corrected chi connectivity index (χ0v) is 17.8. The van der Waals surface area contributed by atoms with Crippen LogP contribution in [0.4, 0.5) is 0 Å². The molecular formula is C20H26BrN3O5. The van der Waals surface area contributed by atoms with E-state index in [-0.39, 0.29) is 11.9 Å². The van der Waals surface area contributed by atoms with Gasteiger partial charge in [0.1, 0.15) is 6.04 Å². The highest BCUT2D eigenvalue weighted by molar-refractivity contribution is 9.10. The molecule has 8 nitrogen and oxygen atoms in total. The number of likely N-dealkylation sites (tertiary alicyclic amines) is 1. The van der Waals surface area contributed by atoms with E-state index in [2.05, 4.69) is 21.2 Å². The Balaban J connectivity index is 1.71. The van der Waals surface area contributed by atoms with Gasteiger partial charge in [0, 0.05) is 17.6 Å². The van der Waals surface area contributed by atoms with Crippen molar-refractivity contribution in [2.45, 2.75) is 50.5 Å². The Kier molecular flexibility index (Phi) is 6.92. The first-order valence-corrected chi connectivity index (χ1v) is 10.6. The number of amides is 3. The predicted molar refractivity (Wildman–Crippen MR) is 108 cm³/mol. The summed E-state index contributed by atoms with van der Waals surface area (Å²) >= 11 is 3.35. The van der Waals surface area contributed by atoms with Gasteiger partial charge in [-0.2, -0.15) is 0 Å². The summed E-state index contributed by atoms with van der Waals surface area (Å²) in [6.45, 7) is 2.54. The Morgan fingerprint density at radius 2 is 2.14 bits per heavy atom. The van der Waals surface area contributed by atoms with Crippen LogP contribution < -0.4 is 11.1 Å². The Labute approximate surface area is 177 Å². The molecule has 2 heterocycles. The number of hydrogen-bond acceptors (Lipinski definition) is 5. The molecule has 2 unspecified atom stereocenters. The van der Waals surface area contributed by atoms with Crippen LogP contribution in [0, 0.1) is 5.92 Å². The quantitative estimate of drug-likeness (QED) is 0.572. The topological polar surface area (TPSA) is 122 Å². The van der Waals surface area contributed by atoms with Crippen molar-refractivity contribution in [3.8, 4) is 0 Å². The van der Waals surface area contributed by atoms with Gasteiger partial charge in [0.15, 0.2) is 6.10 Å². The normalized spacial score (nSPS) is 25.8. The number of piperidine rings is 1. The average molecular weight is 468 g/mol. The second-order valence-electron chi connectivity index (χ2n) is 7.45. The number of aliphatic hydroxyl groups excluding tert-OH is 1. The molecule has 0 aliphatic carbocycles. The number of aliphatic hydroxyl groups is 1. The summed E-state index contributed by atoms with van der Waals surface area (Å²) in [6, 6.07) is 5.98. The molecule has 2 aliphatic heterocycles. The molecule has 29 heavy (non-hydrogen) atoms. The van der Waals surface area contributed by atoms with Gasteiger partial charge in [-0.15, -0.1) is 0 Å². The van der Waals surface area contributed by atoms with Crippen LogP contribution in [0.15, 0.2) is 28.7 Å². The summed E-state index contributed by atoms with van der Waals surface area (Å²) < 4.78 is 6.57. The highest BCUT2D eigenvalue weighted by atomic mass is 79.9. The van der Waals surface area contributed by atoms with Gasteiger partial charge < -0.3 is 25.8 Å². The fourth-order valence-corrected chi connectivity index (χ4v) is 4.53. The van der Waals surface area contributed by atoms with Crippen LogP contribution in [0.25, 0.3) is 0 Å². The lowest BCUT2D eigenvalue weighted by atomic mass is 9.86. The van der Waals surface area contributed by atoms with Gasteiger partial charge >= 0.3 is 0 Å². The van der Waals surface area contributed by atoms with Gasteiger partial charge in [0.05, 0.1) is 18.1 Å². The second-order valence-corrected chi connectivity index (χ2v) is 8.36. The van der Waals surface area contributed by atoms with Crippen molar-refractivity contribution >= 4 is 33.7 Å². The molecule has 158 valence electrons. The van der Waals surface area contributed by atoms with Gasteiger partial charge in [0.2, 0.25) is 11.8 Å². The molecule has 5 atom stereocenters. The van der Waals surface area contributed by atoms with Crippen LogP contribution in [-0.4, -0.2) is 59.1 Å². The molecular weight excluding hydrogens is 442 g/mol. The summed E-state index contributed by atoms with van der Waals surface area (Å²) in [5.74, 6) is -1.73. The molecule has 9 heteroatoms. The van der Waals surface area contributed by atoms with Gasteiger partial charge in [-0.05, 0) is 37.0 Å². The minimum atomic E-state index is -1.28. The molecule has 0 radical (unpaired) electrons. The third-order valence-electron chi connectivity index (χ3n) is 5.67. The van der Waals surface area contributed by atoms with E-state index in [1.165, 1.54) is 0 Å². The summed E-state index contributed by atoms with van der Waals surface area (Å²) in [7, 11) is 0. The van der Waals surface area contributed by atoms with Crippen molar-refractivity contribution < 1.29 is 24.2 Å². The van der Waals surface area contributed by atoms with Crippen LogP contribution >= 0.6 is 15.9 Å². The lowest BCUT2D eigenvalue weighted by Gasteiger charge is -2.41. The zero-order valence-electron chi connectivity index (χ0n) is 16.2. The first-order valence-electron chi connectivity index (χ1n) is 9.78. The van der Waals surface area contributed by atoms with Gasteiger partial charge in [-0.1, -0.05) is 35.0 Å². The maximum atomic E-state index is 13.0. The molecule has 4 N–H and O–H groups in total. The largest absolute Gasteiger partial charge is 0.378 e. The molecule has 1 aromatic rings. The van der Waals surface area contributed by atoms with Gasteiger partial charge in [-0.3, -0.25) is 14.4 Å². The Bertz CT molecular complexity index is 789. The highest BCUT2D eigenvalue weighted by Crippen LogP contribution is 2.34. The van der Waals surface area contributed by atoms with Crippen molar-refractivity contribution in [3.63, 3.8) is 0 Å². The molecule has 2 aliphatic rings. The Hall–Kier alpha value is -1.97. The number of primary amides is 1. The molecule has 3 amide bonds. The number of hydrogen-bond donors (Lipinski definition) is 3. The number of nitrogens with two attached hydrogens (primary N) is 1. The van der Waals surface area contributed by atoms with E-state index >= 15 is 0 Å². The maximum absolute atomic E-state index is 13.0. The third-order valence-corrected chi connectivity index (χ3v) is 6.16. The lowest BCUT2D eigenvalue weighted by molar-refractivity contribution is -0.152. The Morgan fingerprint density at radius 1 is 1.38 bits per heavy atom. The van der Waals surface area contributed by atoms with Crippen molar-refractivity contribution in [2.24, 2.45) is 11.7 Å². The molecule has 1 aromatic carbocycles. The van der Waals surface area contributed by atoms with E-state index in [1.54, 1.807) is 30.0 Å². The van der Waals surface area contributed by atoms with Crippen LogP contribution in [0.5, 0.6) is 0 Å². The molecule has 2 fully saturated rings. The highest BCUT2D eigenvalue weighted by Gasteiger charge is 2.48. The Morgan fingerprint density at radius 3 is 2.79 bits per heavy atom. The first-order chi connectivity index (χ1) is 13.8. The summed E-state index contributed by atoms with van der Waals surface area (Å²) in [5, 5.41) is 13.3. The third kappa shape index (κ3) is 4.62. The number of carbonyl (C=O) groups is 3. The van der Waals surface area contributed by atoms with Crippen molar-refractivity contribution in [1.82, 2.24) is 10.2 Å². The molecule has 3 rings (SSSR count). The van der Waals surface area contributed by atoms with Crippen LogP contribution in [0.1, 0.15) is 37.9 Å². The fraction of sp³-hybridized carbons (Fsp3) is 0.550. The van der Waals surface area contributed by atoms with E-state index in [4.69, 9.17) is 10.5 Å². The average Bonchev–Trinajstić information content (AvgIpc) is 3.19. The molecule has 0 spiro atoms. The maximum Gasteiger partial charge on any atom is 0.256 e. The van der Waals surface area contributed by atoms with E-state index in [0.29, 0.717) is 38.0 Å². The van der Waals surface area contributed by atoms with Crippen molar-refractivity contribution in [2.75, 3.05) is 13.2 Å². The number of fused-ring (bicyclic) bond motifs is 1. The monoisotopic (exact) mass is 467 g/mol. The number of rotatable bonds is 6. The van der Waals surface area contributed by atoms with E-state index in [1.807, 2.05) is 6.07 Å². The smallest absolute Gasteiger partial charge is 0.256 e. The number of ether oxygens (including phenoxy) is 1. The summed E-state index contributed by atoms with van der Waals surface area (Å²) in [6.07, 6.45) is -0.352. The minimum Gasteiger partial charge on any atom is -0.378 e. The summed E-state index contributed by atoms with van der Waals surface area (Å²) in [5.41, 5.74) is 5.83. The number of nitrogens with zero attached hydrogens (tertiary/aromatic N) is 1.